The standard InChI is InChI=1S/C13H21NO5S/c15-12(8-20(18,19)11-3-1-2-4-11)14-10-6-5-9(7-10)13(16)17/h9-11H,1-8H2,(H,14,15)(H,16,17)/t9-,10+/m1/s1. The van der Waals surface area contributed by atoms with Crippen LogP contribution in [0.1, 0.15) is 44.9 Å². The van der Waals surface area contributed by atoms with Crippen LogP contribution in [-0.2, 0) is 19.4 Å². The highest BCUT2D eigenvalue weighted by Gasteiger charge is 2.33. The van der Waals surface area contributed by atoms with Crippen LogP contribution in [0, 0.1) is 5.92 Å². The van der Waals surface area contributed by atoms with Crippen molar-refractivity contribution in [2.24, 2.45) is 5.92 Å². The SMILES string of the molecule is O=C(CS(=O)(=O)C1CCCC1)N[C@H]1CC[C@@H](C(=O)O)C1. The molecule has 0 aromatic heterocycles. The molecule has 20 heavy (non-hydrogen) atoms. The number of carboxylic acids is 1. The van der Waals surface area contributed by atoms with Crippen LogP contribution < -0.4 is 5.32 Å². The highest BCUT2D eigenvalue weighted by Crippen LogP contribution is 2.27. The first-order valence-corrected chi connectivity index (χ1v) is 8.84. The summed E-state index contributed by atoms with van der Waals surface area (Å²) in [6.45, 7) is 0. The van der Waals surface area contributed by atoms with Crippen LogP contribution >= 0.6 is 0 Å². The van der Waals surface area contributed by atoms with Crippen LogP contribution in [0.3, 0.4) is 0 Å². The number of nitrogens with one attached hydrogen (secondary N) is 1. The minimum absolute atomic E-state index is 0.206. The molecule has 7 heteroatoms. The fraction of sp³-hybridized carbons (Fsp3) is 0.846. The van der Waals surface area contributed by atoms with E-state index in [4.69, 9.17) is 5.11 Å². The third-order valence-electron chi connectivity index (χ3n) is 4.29. The second-order valence-corrected chi connectivity index (χ2v) is 8.11. The maximum atomic E-state index is 12.0. The highest BCUT2D eigenvalue weighted by molar-refractivity contribution is 7.92. The Bertz CT molecular complexity index is 481. The van der Waals surface area contributed by atoms with Crippen LogP contribution in [0.15, 0.2) is 0 Å². The third kappa shape index (κ3) is 3.71. The van der Waals surface area contributed by atoms with Crippen LogP contribution in [0.4, 0.5) is 0 Å². The molecule has 2 saturated carbocycles. The van der Waals surface area contributed by atoms with Crippen LogP contribution in [-0.4, -0.2) is 42.4 Å². The molecule has 0 spiro atoms. The summed E-state index contributed by atoms with van der Waals surface area (Å²) in [5.74, 6) is -2.23. The van der Waals surface area contributed by atoms with Gasteiger partial charge in [-0.05, 0) is 32.1 Å². The first kappa shape index (κ1) is 15.3. The molecular formula is C13H21NO5S. The van der Waals surface area contributed by atoms with E-state index in [9.17, 15) is 18.0 Å². The minimum atomic E-state index is -3.36. The smallest absolute Gasteiger partial charge is 0.306 e. The van der Waals surface area contributed by atoms with Crippen molar-refractivity contribution in [3.8, 4) is 0 Å². The predicted molar refractivity (Wildman–Crippen MR) is 73.0 cm³/mol. The summed E-state index contributed by atoms with van der Waals surface area (Å²) in [6.07, 6.45) is 4.66. The first-order valence-electron chi connectivity index (χ1n) is 7.12. The van der Waals surface area contributed by atoms with Crippen molar-refractivity contribution in [1.82, 2.24) is 5.32 Å². The zero-order valence-corrected chi connectivity index (χ0v) is 12.2. The Morgan fingerprint density at radius 2 is 1.75 bits per heavy atom. The van der Waals surface area contributed by atoms with Crippen molar-refractivity contribution >= 4 is 21.7 Å². The molecule has 0 unspecified atom stereocenters. The van der Waals surface area contributed by atoms with E-state index in [1.807, 2.05) is 0 Å². The normalized spacial score (nSPS) is 27.6. The summed E-state index contributed by atoms with van der Waals surface area (Å²) in [4.78, 5) is 22.6. The molecule has 2 fully saturated rings. The Balaban J connectivity index is 1.82. The van der Waals surface area contributed by atoms with Crippen LogP contribution in [0.2, 0.25) is 0 Å². The maximum Gasteiger partial charge on any atom is 0.306 e. The average Bonchev–Trinajstić information content (AvgIpc) is 2.97. The van der Waals surface area contributed by atoms with Gasteiger partial charge in [-0.2, -0.15) is 0 Å². The van der Waals surface area contributed by atoms with Crippen molar-refractivity contribution in [3.63, 3.8) is 0 Å². The molecule has 114 valence electrons. The molecule has 2 rings (SSSR count). The van der Waals surface area contributed by atoms with Gasteiger partial charge in [0, 0.05) is 6.04 Å². The molecule has 2 aliphatic rings. The lowest BCUT2D eigenvalue weighted by atomic mass is 10.1. The lowest BCUT2D eigenvalue weighted by Gasteiger charge is -2.14. The summed E-state index contributed by atoms with van der Waals surface area (Å²) < 4.78 is 24.1. The monoisotopic (exact) mass is 303 g/mol. The maximum absolute atomic E-state index is 12.0. The Labute approximate surface area is 118 Å². The van der Waals surface area contributed by atoms with E-state index in [0.29, 0.717) is 32.1 Å². The summed E-state index contributed by atoms with van der Waals surface area (Å²) in [5.41, 5.74) is 0. The molecule has 0 aromatic rings. The lowest BCUT2D eigenvalue weighted by molar-refractivity contribution is -0.141. The van der Waals surface area contributed by atoms with E-state index >= 15 is 0 Å². The molecule has 1 amide bonds. The van der Waals surface area contributed by atoms with Gasteiger partial charge in [-0.1, -0.05) is 12.8 Å². The van der Waals surface area contributed by atoms with Gasteiger partial charge in [0.1, 0.15) is 5.75 Å². The first-order chi connectivity index (χ1) is 9.38. The lowest BCUT2D eigenvalue weighted by Crippen LogP contribution is -2.39. The molecule has 0 bridgehead atoms. The number of amides is 1. The van der Waals surface area contributed by atoms with Gasteiger partial charge in [0.2, 0.25) is 5.91 Å². The number of rotatable bonds is 5. The molecule has 2 atom stereocenters. The molecular weight excluding hydrogens is 282 g/mol. The summed E-state index contributed by atoms with van der Waals surface area (Å²) in [7, 11) is -3.36. The largest absolute Gasteiger partial charge is 0.481 e. The number of carbonyl (C=O) groups is 2. The Hall–Kier alpha value is -1.11. The Morgan fingerprint density at radius 1 is 1.10 bits per heavy atom. The predicted octanol–water partition coefficient (Wildman–Crippen LogP) is 0.713. The number of sulfone groups is 1. The van der Waals surface area contributed by atoms with Crippen LogP contribution in [0.5, 0.6) is 0 Å². The zero-order chi connectivity index (χ0) is 14.8. The quantitative estimate of drug-likeness (QED) is 0.779. The van der Waals surface area contributed by atoms with Crippen LogP contribution in [0.25, 0.3) is 0 Å². The molecule has 0 aliphatic heterocycles. The number of aliphatic carboxylic acids is 1. The van der Waals surface area contributed by atoms with E-state index in [-0.39, 0.29) is 11.3 Å². The fourth-order valence-corrected chi connectivity index (χ4v) is 4.89. The van der Waals surface area contributed by atoms with Gasteiger partial charge in [0.25, 0.3) is 0 Å². The molecule has 0 radical (unpaired) electrons. The number of hydrogen-bond acceptors (Lipinski definition) is 4. The topological polar surface area (TPSA) is 101 Å². The zero-order valence-electron chi connectivity index (χ0n) is 11.4. The highest BCUT2D eigenvalue weighted by atomic mass is 32.2. The second-order valence-electron chi connectivity index (χ2n) is 5.83. The summed E-state index contributed by atoms with van der Waals surface area (Å²) in [6, 6.07) is -0.206. The summed E-state index contributed by atoms with van der Waals surface area (Å²) in [5, 5.41) is 11.2. The minimum Gasteiger partial charge on any atom is -0.481 e. The van der Waals surface area contributed by atoms with E-state index in [2.05, 4.69) is 5.32 Å². The van der Waals surface area contributed by atoms with Crippen molar-refractivity contribution in [2.45, 2.75) is 56.2 Å². The molecule has 2 N–H and O–H groups in total. The van der Waals surface area contributed by atoms with Gasteiger partial charge in [-0.3, -0.25) is 9.59 Å². The van der Waals surface area contributed by atoms with Gasteiger partial charge in [-0.25, -0.2) is 8.42 Å². The van der Waals surface area contributed by atoms with Crippen molar-refractivity contribution in [3.05, 3.63) is 0 Å². The third-order valence-corrected chi connectivity index (χ3v) is 6.44. The Morgan fingerprint density at radius 3 is 2.30 bits per heavy atom. The average molecular weight is 303 g/mol. The van der Waals surface area contributed by atoms with Gasteiger partial charge in [0.15, 0.2) is 9.84 Å². The molecule has 2 aliphatic carbocycles. The molecule has 0 heterocycles. The van der Waals surface area contributed by atoms with E-state index in [1.54, 1.807) is 0 Å². The number of hydrogen-bond donors (Lipinski definition) is 2. The van der Waals surface area contributed by atoms with Gasteiger partial charge in [-0.15, -0.1) is 0 Å². The molecule has 6 nitrogen and oxygen atoms in total. The molecule has 0 saturated heterocycles. The van der Waals surface area contributed by atoms with Gasteiger partial charge < -0.3 is 10.4 Å². The second kappa shape index (κ2) is 6.11. The fourth-order valence-electron chi connectivity index (χ4n) is 3.15. The van der Waals surface area contributed by atoms with Gasteiger partial charge in [0.05, 0.1) is 11.2 Å². The van der Waals surface area contributed by atoms with Crippen molar-refractivity contribution in [1.29, 1.82) is 0 Å². The van der Waals surface area contributed by atoms with E-state index in [0.717, 1.165) is 12.8 Å². The number of carboxylic acid groups (broad SMARTS) is 1. The van der Waals surface area contributed by atoms with Crippen molar-refractivity contribution < 1.29 is 23.1 Å². The van der Waals surface area contributed by atoms with Gasteiger partial charge >= 0.3 is 5.97 Å². The summed E-state index contributed by atoms with van der Waals surface area (Å²) >= 11 is 0. The number of carbonyl (C=O) groups excluding carboxylic acids is 1. The molecule has 0 aromatic carbocycles. The van der Waals surface area contributed by atoms with Crippen molar-refractivity contribution in [2.75, 3.05) is 5.75 Å². The van der Waals surface area contributed by atoms with E-state index < -0.39 is 33.4 Å². The Kier molecular flexibility index (Phi) is 4.67. The van der Waals surface area contributed by atoms with E-state index in [1.165, 1.54) is 0 Å².